The fourth-order valence-electron chi connectivity index (χ4n) is 14.4. The third-order valence-corrected chi connectivity index (χ3v) is 20.5. The van der Waals surface area contributed by atoms with Crippen LogP contribution in [0.4, 0.5) is 10.5 Å². The summed E-state index contributed by atoms with van der Waals surface area (Å²) in [5.41, 5.74) is 11.4. The van der Waals surface area contributed by atoms with Crippen LogP contribution in [0.2, 0.25) is 0 Å². The number of aromatic nitrogens is 1. The third-order valence-electron chi connectivity index (χ3n) is 18.8. The number of carbonyl (C=O) groups excluding carboxylic acids is 2. The molecule has 10 saturated heterocycles. The molecule has 5 unspecified atom stereocenters. The van der Waals surface area contributed by atoms with E-state index in [4.69, 9.17) is 67.1 Å². The van der Waals surface area contributed by atoms with Gasteiger partial charge in [0.25, 0.3) is 10.0 Å². The summed E-state index contributed by atoms with van der Waals surface area (Å²) >= 11 is 0. The highest BCUT2D eigenvalue weighted by atomic mass is 32.2. The zero-order valence-corrected chi connectivity index (χ0v) is 50.9. The number of rotatable bonds is 22. The van der Waals surface area contributed by atoms with Crippen LogP contribution in [0.3, 0.4) is 0 Å². The Bertz CT molecular complexity index is 2970. The maximum atomic E-state index is 14.5. The largest absolute Gasteiger partial charge is 0.445 e. The van der Waals surface area contributed by atoms with Crippen LogP contribution in [0.5, 0.6) is 0 Å². The Labute approximate surface area is 513 Å². The van der Waals surface area contributed by atoms with Crippen LogP contribution >= 0.6 is 0 Å². The van der Waals surface area contributed by atoms with E-state index < -0.39 is 64.4 Å². The molecule has 0 radical (unpaired) electrons. The summed E-state index contributed by atoms with van der Waals surface area (Å²) in [6, 6.07) is 10.9. The number of nitrogens with zero attached hydrogens (tertiary/aromatic N) is 6. The summed E-state index contributed by atoms with van der Waals surface area (Å²) in [6.07, 6.45) is 1.81. The van der Waals surface area contributed by atoms with E-state index in [1.54, 1.807) is 31.4 Å². The van der Waals surface area contributed by atoms with Crippen molar-refractivity contribution in [2.24, 2.45) is 17.0 Å². The van der Waals surface area contributed by atoms with Crippen molar-refractivity contribution in [3.63, 3.8) is 0 Å². The van der Waals surface area contributed by atoms with E-state index in [-0.39, 0.29) is 168 Å². The quantitative estimate of drug-likeness (QED) is 0.0434. The van der Waals surface area contributed by atoms with Gasteiger partial charge in [0.15, 0.2) is 10.8 Å². The van der Waals surface area contributed by atoms with E-state index >= 15 is 0 Å². The number of carbonyl (C=O) groups is 2. The number of hydrogen-bond acceptors (Lipinski definition) is 21. The highest BCUT2D eigenvalue weighted by molar-refractivity contribution is 7.92. The summed E-state index contributed by atoms with van der Waals surface area (Å²) < 4.78 is 112. The Morgan fingerprint density at radius 1 is 0.852 bits per heavy atom. The van der Waals surface area contributed by atoms with Gasteiger partial charge in [-0.15, -0.1) is 0 Å². The van der Waals surface area contributed by atoms with Crippen molar-refractivity contribution in [2.45, 2.75) is 205 Å². The first-order valence-corrected chi connectivity index (χ1v) is 32.5. The lowest BCUT2D eigenvalue weighted by atomic mass is 9.81. The van der Waals surface area contributed by atoms with Crippen LogP contribution in [-0.4, -0.2) is 200 Å². The lowest BCUT2D eigenvalue weighted by molar-refractivity contribution is -0.292. The van der Waals surface area contributed by atoms with Crippen LogP contribution < -0.4 is 9.62 Å². The summed E-state index contributed by atoms with van der Waals surface area (Å²) in [4.78, 5) is 34.4. The van der Waals surface area contributed by atoms with E-state index in [9.17, 15) is 28.4 Å². The number of azide groups is 1. The molecular formula is C62H83N7O18S. The number of methoxy groups -OCH3 is 1. The second-order valence-corrected chi connectivity index (χ2v) is 26.5. The molecule has 2 N–H and O–H groups in total. The van der Waals surface area contributed by atoms with Gasteiger partial charge < -0.3 is 72.0 Å². The zero-order valence-electron chi connectivity index (χ0n) is 50.1. The number of sulfonamides is 1. The molecule has 1 amide bonds. The predicted molar refractivity (Wildman–Crippen MR) is 312 cm³/mol. The molecule has 480 valence electrons. The molecule has 0 aliphatic carbocycles. The lowest BCUT2D eigenvalue weighted by Crippen LogP contribution is -2.61. The van der Waals surface area contributed by atoms with E-state index in [1.807, 2.05) is 6.07 Å². The van der Waals surface area contributed by atoms with Gasteiger partial charge in [-0.3, -0.25) is 9.10 Å². The summed E-state index contributed by atoms with van der Waals surface area (Å²) in [7, 11) is -2.65. The second kappa shape index (κ2) is 29.0. The van der Waals surface area contributed by atoms with Crippen LogP contribution in [0.15, 0.2) is 77.0 Å². The number of pyridine rings is 1. The number of Topliss-reactive ketones (excluding diaryl/α,β-unsaturated/α-hetero) is 1. The Kier molecular flexibility index (Phi) is 21.2. The molecule has 1 spiro atoms. The van der Waals surface area contributed by atoms with Crippen molar-refractivity contribution in [1.29, 1.82) is 5.26 Å². The number of amides is 1. The molecule has 26 heteroatoms. The van der Waals surface area contributed by atoms with Gasteiger partial charge in [-0.25, -0.2) is 9.78 Å². The molecule has 1 aromatic heterocycles. The minimum atomic E-state index is -4.24. The number of nitrogens with one attached hydrogen (secondary N) is 1. The van der Waals surface area contributed by atoms with E-state index in [1.165, 1.54) is 18.3 Å². The fraction of sp³-hybridized carbons (Fsp3) is 0.710. The molecular weight excluding hydrogens is 1160 g/mol. The number of aliphatic hydroxyl groups is 1. The van der Waals surface area contributed by atoms with E-state index in [2.05, 4.69) is 40.4 Å². The molecule has 19 atom stereocenters. The van der Waals surface area contributed by atoms with Crippen molar-refractivity contribution >= 4 is 27.6 Å². The third kappa shape index (κ3) is 14.9. The molecule has 10 aliphatic rings. The van der Waals surface area contributed by atoms with Gasteiger partial charge in [0.05, 0.1) is 125 Å². The van der Waals surface area contributed by atoms with Gasteiger partial charge in [-0.05, 0) is 97.4 Å². The molecule has 25 nitrogen and oxygen atoms in total. The average Bonchev–Trinajstić information content (AvgIpc) is 1.56. The number of hydrogen-bond donors (Lipinski definition) is 2. The minimum Gasteiger partial charge on any atom is -0.445 e. The number of aliphatic hydroxyl groups excluding tert-OH is 1. The highest BCUT2D eigenvalue weighted by Gasteiger charge is 2.69. The van der Waals surface area contributed by atoms with Crippen LogP contribution in [0, 0.1) is 23.2 Å². The highest BCUT2D eigenvalue weighted by Crippen LogP contribution is 2.54. The fourth-order valence-corrected chi connectivity index (χ4v) is 15.7. The number of nitriles is 1. The van der Waals surface area contributed by atoms with E-state index in [0.717, 1.165) is 47.6 Å². The Balaban J connectivity index is 0.709. The molecule has 0 saturated carbocycles. The normalized spacial score (nSPS) is 35.5. The molecule has 1 aromatic carbocycles. The minimum absolute atomic E-state index is 0.000802. The van der Waals surface area contributed by atoms with Gasteiger partial charge in [-0.1, -0.05) is 37.3 Å². The molecule has 88 heavy (non-hydrogen) atoms. The smallest absolute Gasteiger partial charge is 0.407 e. The van der Waals surface area contributed by atoms with Gasteiger partial charge in [0, 0.05) is 75.8 Å². The van der Waals surface area contributed by atoms with Crippen molar-refractivity contribution < 1.29 is 84.7 Å². The van der Waals surface area contributed by atoms with Gasteiger partial charge in [-0.2, -0.15) is 13.7 Å². The average molecular weight is 1250 g/mol. The molecule has 2 aromatic rings. The number of ketones is 1. The molecule has 10 aliphatic heterocycles. The lowest BCUT2D eigenvalue weighted by Gasteiger charge is -2.47. The zero-order chi connectivity index (χ0) is 61.5. The van der Waals surface area contributed by atoms with Gasteiger partial charge in [0.2, 0.25) is 0 Å². The van der Waals surface area contributed by atoms with Crippen LogP contribution in [0.25, 0.3) is 10.4 Å². The molecule has 12 bridgehead atoms. The summed E-state index contributed by atoms with van der Waals surface area (Å²) in [5, 5.41) is 26.6. The van der Waals surface area contributed by atoms with Crippen LogP contribution in [0.1, 0.15) is 102 Å². The Morgan fingerprint density at radius 2 is 1.58 bits per heavy atom. The van der Waals surface area contributed by atoms with Crippen molar-refractivity contribution in [2.75, 3.05) is 70.7 Å². The summed E-state index contributed by atoms with van der Waals surface area (Å²) in [6.45, 7) is 12.2. The topological polar surface area (TPSA) is 309 Å². The van der Waals surface area contributed by atoms with Crippen molar-refractivity contribution in [3.05, 3.63) is 88.5 Å². The predicted octanol–water partition coefficient (Wildman–Crippen LogP) is 6.23. The SMILES string of the molecule is C=C1C[C@@H]2CC[C@@]34CC5O[C@@H]6C(O[C@H]7CCC(CC(=O)C[C@@H]8[C@@H](OC)[C@@H](C[C@H](O)CNC(=O)OCc9ccc(N(CCOCCOCCOCCN=[N+]=[N-])S(=O)(=O)c%10ccc(C#N)cn%10)cc9)O[C@H]8CC8O[C@@H](CCC1O2)C[C@@H](C)C8=C)O[C@@H]7[C@@H]6O3)[C@@H]5O4. The first kappa shape index (κ1) is 64.4. The Morgan fingerprint density at radius 3 is 2.34 bits per heavy atom. The maximum Gasteiger partial charge on any atom is 0.407 e. The first-order valence-electron chi connectivity index (χ1n) is 31.1. The van der Waals surface area contributed by atoms with Crippen molar-refractivity contribution in [1.82, 2.24) is 10.3 Å². The number of fused-ring (bicyclic) bond motifs is 6. The standard InChI is InChI=1S/C62H83N7O18S/c1-36-25-44-10-12-48-37(2)26-46(80-48)15-16-62-31-53-57(86-62)58-59(85-53)60(87-62)56-49(84-58)13-11-45(82-56)27-42(70)28-47-51(30-50(81-44)38(36)3)83-52(55(47)75-4)29-43(71)34-66-61(72)79-35-39-5-8-41(9-6-39)69(88(73,74)54-14-7-40(32-63)33-65-54)18-20-77-22-24-78-23-21-76-19-17-67-68-64/h5-9,14,33,36,43-53,55-60,71H,2-3,10-13,15-31,34-35H2,1,4H3,(H,66,72)/t36-,43+,44+,45?,46+,47+,48?,49+,50?,51+,52-,53?,55-,56+,57-,58?,59-,60+,62+/m1/s1. The summed E-state index contributed by atoms with van der Waals surface area (Å²) in [5.74, 6) is -1.10. The van der Waals surface area contributed by atoms with E-state index in [0.29, 0.717) is 44.3 Å². The maximum absolute atomic E-state index is 14.5. The van der Waals surface area contributed by atoms with Gasteiger partial charge in [0.1, 0.15) is 49.0 Å². The van der Waals surface area contributed by atoms with Gasteiger partial charge >= 0.3 is 6.09 Å². The monoisotopic (exact) mass is 1250 g/mol. The number of anilines is 1. The molecule has 11 heterocycles. The number of benzene rings is 1. The number of alkyl carbamates (subject to hydrolysis) is 1. The van der Waals surface area contributed by atoms with Crippen LogP contribution in [-0.2, 0) is 83.0 Å². The second-order valence-electron chi connectivity index (χ2n) is 24.7. The Hall–Kier alpha value is -5.18. The molecule has 10 fully saturated rings. The molecule has 12 rings (SSSR count). The number of ether oxygens (including phenoxy) is 13. The first-order chi connectivity index (χ1) is 42.6. The van der Waals surface area contributed by atoms with Crippen molar-refractivity contribution in [3.8, 4) is 6.07 Å².